The van der Waals surface area contributed by atoms with Gasteiger partial charge in [-0.2, -0.15) is 0 Å². The van der Waals surface area contributed by atoms with E-state index in [4.69, 9.17) is 17.5 Å². The highest BCUT2D eigenvalue weighted by atomic mass is 32.3. The number of benzene rings is 1. The molecule has 0 aliphatic heterocycles. The van der Waals surface area contributed by atoms with E-state index >= 15 is 0 Å². The summed E-state index contributed by atoms with van der Waals surface area (Å²) in [5.41, 5.74) is 10.2. The summed E-state index contributed by atoms with van der Waals surface area (Å²) in [6.45, 7) is 1.74. The summed E-state index contributed by atoms with van der Waals surface area (Å²) in [6.07, 6.45) is 0. The Morgan fingerprint density at radius 3 is 1.67 bits per heavy atom. The Morgan fingerprint density at radius 2 is 1.40 bits per heavy atom. The van der Waals surface area contributed by atoms with Crippen LogP contribution in [0, 0.1) is 0 Å². The third-order valence-corrected chi connectivity index (χ3v) is 1.57. The van der Waals surface area contributed by atoms with Crippen LogP contribution in [0.25, 0.3) is 0 Å². The van der Waals surface area contributed by atoms with Gasteiger partial charge in [0.15, 0.2) is 0 Å². The Balaban J connectivity index is 0.000000336. The lowest BCUT2D eigenvalue weighted by Gasteiger charge is -2.06. The first-order valence-electron chi connectivity index (χ1n) is 4.20. The first kappa shape index (κ1) is 14.0. The predicted octanol–water partition coefficient (Wildman–Crippen LogP) is -2.17. The summed E-state index contributed by atoms with van der Waals surface area (Å²) in [5, 5.41) is 0. The number of hydrogen-bond donors (Lipinski definition) is 2. The second-order valence-electron chi connectivity index (χ2n) is 2.73. The zero-order valence-corrected chi connectivity index (χ0v) is 9.00. The minimum atomic E-state index is -5.17. The highest BCUT2D eigenvalue weighted by molar-refractivity contribution is 7.79. The van der Waals surface area contributed by atoms with Gasteiger partial charge in [-0.25, -0.2) is 0 Å². The normalized spacial score (nSPS) is 10.4. The van der Waals surface area contributed by atoms with Crippen molar-refractivity contribution in [3.63, 3.8) is 0 Å². The third-order valence-electron chi connectivity index (χ3n) is 1.57. The van der Waals surface area contributed by atoms with Gasteiger partial charge in [-0.1, -0.05) is 18.2 Å². The Labute approximate surface area is 88.5 Å². The van der Waals surface area contributed by atoms with Crippen molar-refractivity contribution in [1.29, 1.82) is 0 Å². The van der Waals surface area contributed by atoms with Crippen LogP contribution in [-0.4, -0.2) is 17.5 Å². The van der Waals surface area contributed by atoms with E-state index in [-0.39, 0.29) is 0 Å². The minimum absolute atomic E-state index is 0.869. The average molecular weight is 234 g/mol. The van der Waals surface area contributed by atoms with Gasteiger partial charge in [-0.05, 0) is 6.07 Å². The lowest BCUT2D eigenvalue weighted by atomic mass is 10.1. The van der Waals surface area contributed by atoms with Crippen molar-refractivity contribution in [2.45, 2.75) is 13.1 Å². The zero-order valence-electron chi connectivity index (χ0n) is 8.18. The molecule has 86 valence electrons. The van der Waals surface area contributed by atoms with Crippen LogP contribution in [0.3, 0.4) is 0 Å². The molecule has 0 fully saturated rings. The number of rotatable bonds is 2. The van der Waals surface area contributed by atoms with Crippen molar-refractivity contribution in [3.8, 4) is 0 Å². The maximum absolute atomic E-state index is 8.52. The Bertz CT molecular complexity index is 364. The van der Waals surface area contributed by atoms with Crippen LogP contribution >= 0.6 is 0 Å². The molecule has 6 N–H and O–H groups in total. The number of quaternary nitrogens is 2. The topological polar surface area (TPSA) is 136 Å². The summed E-state index contributed by atoms with van der Waals surface area (Å²) in [7, 11) is -5.17. The lowest BCUT2D eigenvalue weighted by molar-refractivity contribution is -0.388. The molecule has 0 aliphatic rings. The van der Waals surface area contributed by atoms with Gasteiger partial charge < -0.3 is 20.6 Å². The number of hydrogen-bond acceptors (Lipinski definition) is 4. The van der Waals surface area contributed by atoms with E-state index in [2.05, 4.69) is 35.7 Å². The van der Waals surface area contributed by atoms with E-state index in [1.807, 2.05) is 0 Å². The van der Waals surface area contributed by atoms with E-state index in [9.17, 15) is 0 Å². The predicted molar refractivity (Wildman–Crippen MR) is 50.1 cm³/mol. The molecule has 0 radical (unpaired) electrons. The molecular weight excluding hydrogens is 220 g/mol. The van der Waals surface area contributed by atoms with E-state index in [0.29, 0.717) is 0 Å². The Morgan fingerprint density at radius 1 is 1.07 bits per heavy atom. The molecule has 0 bridgehead atoms. The van der Waals surface area contributed by atoms with Gasteiger partial charge in [0.05, 0.1) is 13.1 Å². The van der Waals surface area contributed by atoms with Crippen LogP contribution in [0.2, 0.25) is 0 Å². The van der Waals surface area contributed by atoms with Gasteiger partial charge in [0, 0.05) is 21.5 Å². The van der Waals surface area contributed by atoms with Crippen LogP contribution in [-0.2, 0) is 23.5 Å². The van der Waals surface area contributed by atoms with Crippen molar-refractivity contribution in [3.05, 3.63) is 35.4 Å². The molecule has 0 saturated heterocycles. The zero-order chi connectivity index (χ0) is 11.9. The maximum atomic E-state index is 8.52. The van der Waals surface area contributed by atoms with Crippen molar-refractivity contribution >= 4 is 10.4 Å². The molecular formula is C8H14N2O4S. The van der Waals surface area contributed by atoms with Gasteiger partial charge in [-0.3, -0.25) is 8.42 Å². The van der Waals surface area contributed by atoms with Crippen molar-refractivity contribution in [1.82, 2.24) is 0 Å². The first-order valence-corrected chi connectivity index (χ1v) is 5.53. The lowest BCUT2D eigenvalue weighted by Crippen LogP contribution is -2.48. The van der Waals surface area contributed by atoms with Crippen LogP contribution in [0.5, 0.6) is 0 Å². The second-order valence-corrected chi connectivity index (χ2v) is 3.54. The molecule has 0 saturated carbocycles. The van der Waals surface area contributed by atoms with Gasteiger partial charge in [0.1, 0.15) is 0 Å². The fourth-order valence-electron chi connectivity index (χ4n) is 0.941. The average Bonchev–Trinajstić information content (AvgIpc) is 2.15. The summed E-state index contributed by atoms with van der Waals surface area (Å²) >= 11 is 0. The molecule has 15 heavy (non-hydrogen) atoms. The SMILES string of the molecule is O=S(=O)([O-])[O-].[NH3+]Cc1cccc(C[NH3+])c1. The van der Waals surface area contributed by atoms with Gasteiger partial charge in [-0.15, -0.1) is 0 Å². The van der Waals surface area contributed by atoms with E-state index < -0.39 is 10.4 Å². The van der Waals surface area contributed by atoms with Crippen LogP contribution in [0.1, 0.15) is 11.1 Å². The summed E-state index contributed by atoms with van der Waals surface area (Å²) in [6, 6.07) is 8.39. The van der Waals surface area contributed by atoms with Crippen LogP contribution in [0.15, 0.2) is 24.3 Å². The summed E-state index contributed by atoms with van der Waals surface area (Å²) in [4.78, 5) is 0. The smallest absolute Gasteiger partial charge is 0.0997 e. The summed E-state index contributed by atoms with van der Waals surface area (Å²) in [5.74, 6) is 0. The van der Waals surface area contributed by atoms with Crippen molar-refractivity contribution < 1.29 is 29.0 Å². The summed E-state index contributed by atoms with van der Waals surface area (Å²) < 4.78 is 34.1. The fraction of sp³-hybridized carbons (Fsp3) is 0.250. The van der Waals surface area contributed by atoms with E-state index in [1.54, 1.807) is 0 Å². The fourth-order valence-corrected chi connectivity index (χ4v) is 0.941. The molecule has 6 nitrogen and oxygen atoms in total. The molecule has 1 aromatic rings. The van der Waals surface area contributed by atoms with Crippen LogP contribution < -0.4 is 11.5 Å². The highest BCUT2D eigenvalue weighted by Gasteiger charge is 1.93. The van der Waals surface area contributed by atoms with Gasteiger partial charge >= 0.3 is 0 Å². The molecule has 0 unspecified atom stereocenters. The van der Waals surface area contributed by atoms with Crippen molar-refractivity contribution in [2.75, 3.05) is 0 Å². The quantitative estimate of drug-likeness (QED) is 0.444. The van der Waals surface area contributed by atoms with Gasteiger partial charge in [0.2, 0.25) is 0 Å². The van der Waals surface area contributed by atoms with Gasteiger partial charge in [0.25, 0.3) is 0 Å². The molecule has 0 amide bonds. The molecule has 0 atom stereocenters. The molecule has 0 aliphatic carbocycles. The molecule has 1 rings (SSSR count). The first-order chi connectivity index (χ1) is 6.86. The molecule has 0 aromatic heterocycles. The second kappa shape index (κ2) is 6.49. The van der Waals surface area contributed by atoms with Crippen molar-refractivity contribution in [2.24, 2.45) is 0 Å². The molecule has 7 heteroatoms. The third kappa shape index (κ3) is 9.32. The minimum Gasteiger partial charge on any atom is -0.759 e. The Hall–Kier alpha value is -0.990. The van der Waals surface area contributed by atoms with E-state index in [1.165, 1.54) is 11.1 Å². The standard InChI is InChI=1S/C8H12N2.H2O4S/c9-5-7-2-1-3-8(4-7)6-10;1-5(2,3)4/h1-4H,5-6,9-10H2;(H2,1,2,3,4). The maximum Gasteiger partial charge on any atom is 0.0997 e. The highest BCUT2D eigenvalue weighted by Crippen LogP contribution is 2.01. The molecule has 1 aromatic carbocycles. The Kier molecular flexibility index (Phi) is 6.06. The monoisotopic (exact) mass is 234 g/mol. The van der Waals surface area contributed by atoms with E-state index in [0.717, 1.165) is 13.1 Å². The molecule has 0 heterocycles. The van der Waals surface area contributed by atoms with Crippen LogP contribution in [0.4, 0.5) is 0 Å². The molecule has 0 spiro atoms. The largest absolute Gasteiger partial charge is 0.759 e.